The van der Waals surface area contributed by atoms with E-state index in [0.717, 1.165) is 47.9 Å². The normalized spacial score (nSPS) is 18.7. The lowest BCUT2D eigenvalue weighted by atomic mass is 9.85. The molecule has 1 aliphatic carbocycles. The Balaban J connectivity index is 1.12. The van der Waals surface area contributed by atoms with Crippen molar-refractivity contribution in [1.29, 1.82) is 0 Å². The highest BCUT2D eigenvalue weighted by Gasteiger charge is 2.30. The second-order valence-electron chi connectivity index (χ2n) is 14.0. The summed E-state index contributed by atoms with van der Waals surface area (Å²) in [5, 5.41) is 17.6. The van der Waals surface area contributed by atoms with Crippen molar-refractivity contribution in [3.63, 3.8) is 0 Å². The third-order valence-corrected chi connectivity index (χ3v) is 9.38. The molecule has 0 spiro atoms. The first-order valence-electron chi connectivity index (χ1n) is 17.1. The average molecular weight is 670 g/mol. The number of nitrogens with zero attached hydrogens (tertiary/aromatic N) is 6. The topological polar surface area (TPSA) is 148 Å². The van der Waals surface area contributed by atoms with Gasteiger partial charge < -0.3 is 20.1 Å². The third kappa shape index (κ3) is 7.83. The quantitative estimate of drug-likeness (QED) is 0.197. The number of nitrogens with one attached hydrogen (secondary N) is 3. The summed E-state index contributed by atoms with van der Waals surface area (Å²) >= 11 is 0. The fraction of sp³-hybridized carbons (Fsp3) is 0.500. The molecule has 1 aromatic carbocycles. The molecule has 1 saturated heterocycles. The number of aromatic nitrogens is 5. The molecule has 3 N–H and O–H groups in total. The van der Waals surface area contributed by atoms with Crippen LogP contribution in [-0.4, -0.2) is 80.8 Å². The van der Waals surface area contributed by atoms with Crippen molar-refractivity contribution in [3.8, 4) is 5.75 Å². The van der Waals surface area contributed by atoms with Crippen LogP contribution in [0.4, 0.5) is 10.6 Å². The largest absolute Gasteiger partial charge is 0.484 e. The highest BCUT2D eigenvalue weighted by molar-refractivity contribution is 5.92. The van der Waals surface area contributed by atoms with Crippen LogP contribution in [0.3, 0.4) is 0 Å². The number of carbonyl (C=O) groups excluding carboxylic acids is 2. The predicted octanol–water partition coefficient (Wildman–Crippen LogP) is 5.17. The molecule has 3 amide bonds. The van der Waals surface area contributed by atoms with Crippen molar-refractivity contribution < 1.29 is 19.1 Å². The monoisotopic (exact) mass is 669 g/mol. The van der Waals surface area contributed by atoms with Gasteiger partial charge in [0.15, 0.2) is 5.65 Å². The molecule has 49 heavy (non-hydrogen) atoms. The summed E-state index contributed by atoms with van der Waals surface area (Å²) in [5.41, 5.74) is 3.09. The summed E-state index contributed by atoms with van der Waals surface area (Å²) in [6.45, 7) is 13.2. The Morgan fingerprint density at radius 2 is 1.82 bits per heavy atom. The minimum atomic E-state index is -0.412. The molecule has 2 aliphatic rings. The van der Waals surface area contributed by atoms with Gasteiger partial charge in [0, 0.05) is 50.7 Å². The Hall–Kier alpha value is -4.62. The number of amides is 3. The molecule has 1 fully saturated rings. The minimum Gasteiger partial charge on any atom is -0.484 e. The van der Waals surface area contributed by atoms with Crippen molar-refractivity contribution in [3.05, 3.63) is 77.1 Å². The van der Waals surface area contributed by atoms with Crippen LogP contribution < -0.4 is 20.7 Å². The first kappa shape index (κ1) is 34.3. The zero-order chi connectivity index (χ0) is 34.7. The van der Waals surface area contributed by atoms with E-state index in [2.05, 4.69) is 60.9 Å². The van der Waals surface area contributed by atoms with E-state index in [-0.39, 0.29) is 47.1 Å². The number of benzene rings is 1. The lowest BCUT2D eigenvalue weighted by Crippen LogP contribution is -2.53. The molecular formula is C36H47N9O4. The number of carbonyl (C=O) groups is 2. The van der Waals surface area contributed by atoms with Crippen LogP contribution in [0.25, 0.3) is 5.65 Å². The van der Waals surface area contributed by atoms with E-state index in [9.17, 15) is 9.59 Å². The van der Waals surface area contributed by atoms with Crippen LogP contribution in [-0.2, 0) is 10.2 Å². The zero-order valence-electron chi connectivity index (χ0n) is 29.2. The summed E-state index contributed by atoms with van der Waals surface area (Å²) in [5.74, 6) is 1.82. The molecule has 4 heterocycles. The maximum absolute atomic E-state index is 13.4. The number of anilines is 1. The molecule has 1 aliphatic heterocycles. The number of hydrogen-bond acceptors (Lipinski definition) is 9. The third-order valence-electron chi connectivity index (χ3n) is 9.38. The molecule has 13 heteroatoms. The van der Waals surface area contributed by atoms with Crippen LogP contribution in [0.15, 0.2) is 48.7 Å². The molecule has 6 rings (SSSR count). The summed E-state index contributed by atoms with van der Waals surface area (Å²) in [4.78, 5) is 37.6. The van der Waals surface area contributed by atoms with E-state index in [1.165, 1.54) is 0 Å². The van der Waals surface area contributed by atoms with Gasteiger partial charge >= 0.3 is 6.03 Å². The number of rotatable bonds is 11. The van der Waals surface area contributed by atoms with Crippen LogP contribution in [0, 0.1) is 0 Å². The van der Waals surface area contributed by atoms with E-state index >= 15 is 0 Å². The molecule has 3 aromatic heterocycles. The summed E-state index contributed by atoms with van der Waals surface area (Å²) in [6, 6.07) is 13.0. The predicted molar refractivity (Wildman–Crippen MR) is 186 cm³/mol. The molecular weight excluding hydrogens is 622 g/mol. The van der Waals surface area contributed by atoms with Gasteiger partial charge in [-0.2, -0.15) is 0 Å². The van der Waals surface area contributed by atoms with Gasteiger partial charge in [0.05, 0.1) is 24.0 Å². The molecule has 1 unspecified atom stereocenters. The lowest BCUT2D eigenvalue weighted by Gasteiger charge is -2.38. The maximum Gasteiger partial charge on any atom is 0.320 e. The van der Waals surface area contributed by atoms with Gasteiger partial charge in [0.25, 0.3) is 5.91 Å². The smallest absolute Gasteiger partial charge is 0.320 e. The summed E-state index contributed by atoms with van der Waals surface area (Å²) < 4.78 is 13.9. The fourth-order valence-corrected chi connectivity index (χ4v) is 6.23. The van der Waals surface area contributed by atoms with E-state index in [0.29, 0.717) is 31.6 Å². The van der Waals surface area contributed by atoms with E-state index in [4.69, 9.17) is 9.47 Å². The van der Waals surface area contributed by atoms with Gasteiger partial charge in [-0.15, -0.1) is 10.2 Å². The lowest BCUT2D eigenvalue weighted by molar-refractivity contribution is -0.0281. The Morgan fingerprint density at radius 3 is 2.55 bits per heavy atom. The number of ether oxygens (including phenoxy) is 2. The number of likely N-dealkylation sites (tertiary alicyclic amines) is 1. The Labute approximate surface area is 287 Å². The second kappa shape index (κ2) is 14.5. The number of pyridine rings is 1. The average Bonchev–Trinajstić information content (AvgIpc) is 3.49. The first-order valence-corrected chi connectivity index (χ1v) is 17.1. The van der Waals surface area contributed by atoms with Crippen LogP contribution in [0.2, 0.25) is 0 Å². The Kier molecular flexibility index (Phi) is 10.1. The SMILES string of the molecule is CCC(C)c1nnc2ccc(O[C@@H]3CC[C@H](NC(=O)Nc4cc(C(C)(C)C)nc(C(=O)NCCN5CC(OC)C5)n4)c4ccccc43)cn12. The van der Waals surface area contributed by atoms with Gasteiger partial charge in [0.2, 0.25) is 5.82 Å². The van der Waals surface area contributed by atoms with Crippen molar-refractivity contribution in [1.82, 2.24) is 40.1 Å². The molecule has 3 atom stereocenters. The van der Waals surface area contributed by atoms with Crippen molar-refractivity contribution in [2.75, 3.05) is 38.6 Å². The minimum absolute atomic E-state index is 0.0186. The van der Waals surface area contributed by atoms with Gasteiger partial charge in [-0.3, -0.25) is 19.4 Å². The Bertz CT molecular complexity index is 1800. The molecule has 0 bridgehead atoms. The number of hydrogen-bond donors (Lipinski definition) is 3. The Morgan fingerprint density at radius 1 is 1.04 bits per heavy atom. The molecule has 260 valence electrons. The fourth-order valence-electron chi connectivity index (χ4n) is 6.23. The van der Waals surface area contributed by atoms with Gasteiger partial charge in [-0.1, -0.05) is 58.9 Å². The van der Waals surface area contributed by atoms with Gasteiger partial charge in [0.1, 0.15) is 23.5 Å². The number of urea groups is 1. The van der Waals surface area contributed by atoms with Crippen LogP contribution in [0.5, 0.6) is 5.75 Å². The highest BCUT2D eigenvalue weighted by atomic mass is 16.5. The molecule has 0 radical (unpaired) electrons. The number of fused-ring (bicyclic) bond motifs is 2. The van der Waals surface area contributed by atoms with Crippen LogP contribution >= 0.6 is 0 Å². The van der Waals surface area contributed by atoms with Gasteiger partial charge in [-0.25, -0.2) is 14.8 Å². The zero-order valence-corrected chi connectivity index (χ0v) is 29.2. The van der Waals surface area contributed by atoms with Gasteiger partial charge in [-0.05, 0) is 42.5 Å². The molecule has 0 saturated carbocycles. The summed E-state index contributed by atoms with van der Waals surface area (Å²) in [6.07, 6.45) is 4.37. The van der Waals surface area contributed by atoms with E-state index < -0.39 is 6.03 Å². The van der Waals surface area contributed by atoms with E-state index in [1.807, 2.05) is 61.7 Å². The van der Waals surface area contributed by atoms with E-state index in [1.54, 1.807) is 13.2 Å². The maximum atomic E-state index is 13.4. The first-order chi connectivity index (χ1) is 23.5. The summed E-state index contributed by atoms with van der Waals surface area (Å²) in [7, 11) is 1.71. The van der Waals surface area contributed by atoms with Crippen molar-refractivity contribution in [2.24, 2.45) is 0 Å². The van der Waals surface area contributed by atoms with Crippen LogP contribution in [0.1, 0.15) is 105 Å². The highest BCUT2D eigenvalue weighted by Crippen LogP contribution is 2.39. The standard InChI is InChI=1S/C36H47N9O4/c1-7-22(2)33-43-42-31-15-12-23(21-45(31)33)49-28-14-13-27(25-10-8-9-11-26(25)28)38-35(47)41-30-18-29(36(3,4)5)39-32(40-30)34(46)37-16-17-44-19-24(20-44)48-6/h8-12,15,18,21-22,24,27-28H,7,13-14,16-17,19-20H2,1-6H3,(H,37,46)(H2,38,39,40,41,47)/t22?,27-,28+/m0/s1. The second-order valence-corrected chi connectivity index (χ2v) is 14.0. The van der Waals surface area contributed by atoms with Crippen molar-refractivity contribution >= 4 is 23.4 Å². The molecule has 13 nitrogen and oxygen atoms in total. The number of methoxy groups -OCH3 is 1. The van der Waals surface area contributed by atoms with Crippen molar-refractivity contribution in [2.45, 2.75) is 83.5 Å². The molecule has 4 aromatic rings.